The summed E-state index contributed by atoms with van der Waals surface area (Å²) in [6.45, 7) is 0.866. The van der Waals surface area contributed by atoms with E-state index in [0.29, 0.717) is 38.9 Å². The van der Waals surface area contributed by atoms with Gasteiger partial charge in [0.25, 0.3) is 0 Å². The first kappa shape index (κ1) is 14.8. The summed E-state index contributed by atoms with van der Waals surface area (Å²) in [5, 5.41) is 21.4. The number of rotatable bonds is 4. The second-order valence-electron chi connectivity index (χ2n) is 5.78. The normalized spacial score (nSPS) is 23.8. The highest BCUT2D eigenvalue weighted by Gasteiger charge is 2.45. The Hall–Kier alpha value is -1.61. The molecule has 1 saturated carbocycles. The van der Waals surface area contributed by atoms with Crippen LogP contribution in [0.4, 0.5) is 0 Å². The molecule has 110 valence electrons. The molecule has 2 N–H and O–H groups in total. The molecule has 0 radical (unpaired) electrons. The van der Waals surface area contributed by atoms with E-state index < -0.39 is 16.8 Å². The Morgan fingerprint density at radius 3 is 2.30 bits per heavy atom. The number of hydrogen-bond acceptors (Lipinski definition) is 4. The third-order valence-electron chi connectivity index (χ3n) is 4.60. The Bertz CT molecular complexity index is 429. The van der Waals surface area contributed by atoms with E-state index in [2.05, 4.69) is 11.4 Å². The maximum Gasteiger partial charge on any atom is 0.311 e. The van der Waals surface area contributed by atoms with Crippen LogP contribution in [0, 0.1) is 22.2 Å². The number of carbonyl (C=O) groups is 2. The summed E-state index contributed by atoms with van der Waals surface area (Å²) in [4.78, 5) is 23.7. The molecular formula is C14H20N2O4. The quantitative estimate of drug-likeness (QED) is 0.802. The molecule has 6 heteroatoms. The van der Waals surface area contributed by atoms with Crippen molar-refractivity contribution in [3.63, 3.8) is 0 Å². The van der Waals surface area contributed by atoms with Gasteiger partial charge in [-0.05, 0) is 25.7 Å². The molecule has 0 atom stereocenters. The van der Waals surface area contributed by atoms with Crippen molar-refractivity contribution in [1.29, 1.82) is 5.26 Å². The Morgan fingerprint density at radius 2 is 1.80 bits per heavy atom. The van der Waals surface area contributed by atoms with Crippen molar-refractivity contribution >= 4 is 11.9 Å². The first-order valence-corrected chi connectivity index (χ1v) is 7.05. The second-order valence-corrected chi connectivity index (χ2v) is 5.78. The van der Waals surface area contributed by atoms with Crippen molar-refractivity contribution in [3.8, 4) is 6.07 Å². The van der Waals surface area contributed by atoms with E-state index in [9.17, 15) is 20.0 Å². The molecule has 0 aromatic rings. The largest absolute Gasteiger partial charge is 0.481 e. The second kappa shape index (κ2) is 5.80. The van der Waals surface area contributed by atoms with Gasteiger partial charge in [0.05, 0.1) is 11.5 Å². The van der Waals surface area contributed by atoms with Crippen LogP contribution in [0.1, 0.15) is 38.5 Å². The molecule has 2 fully saturated rings. The van der Waals surface area contributed by atoms with Gasteiger partial charge in [-0.1, -0.05) is 12.8 Å². The molecule has 1 aliphatic carbocycles. The van der Waals surface area contributed by atoms with Gasteiger partial charge in [0, 0.05) is 19.8 Å². The topological polar surface area (TPSA) is 99.4 Å². The average Bonchev–Trinajstić information content (AvgIpc) is 2.95. The molecule has 20 heavy (non-hydrogen) atoms. The van der Waals surface area contributed by atoms with Crippen LogP contribution in [0.25, 0.3) is 0 Å². The molecule has 0 unspecified atom stereocenters. The molecule has 0 aromatic heterocycles. The van der Waals surface area contributed by atoms with Crippen molar-refractivity contribution < 1.29 is 19.4 Å². The van der Waals surface area contributed by atoms with Gasteiger partial charge < -0.3 is 15.2 Å². The van der Waals surface area contributed by atoms with Gasteiger partial charge in [-0.3, -0.25) is 9.59 Å². The van der Waals surface area contributed by atoms with E-state index in [1.54, 1.807) is 0 Å². The van der Waals surface area contributed by atoms with Crippen LogP contribution in [0.3, 0.4) is 0 Å². The van der Waals surface area contributed by atoms with Crippen LogP contribution in [-0.2, 0) is 14.3 Å². The number of carboxylic acids is 1. The maximum absolute atomic E-state index is 12.2. The highest BCUT2D eigenvalue weighted by atomic mass is 16.5. The first-order valence-electron chi connectivity index (χ1n) is 7.05. The lowest BCUT2D eigenvalue weighted by Crippen LogP contribution is -2.49. The molecule has 0 bridgehead atoms. The molecule has 0 aromatic carbocycles. The van der Waals surface area contributed by atoms with Crippen LogP contribution in [0.5, 0.6) is 0 Å². The summed E-state index contributed by atoms with van der Waals surface area (Å²) in [6.07, 6.45) is 3.67. The van der Waals surface area contributed by atoms with E-state index in [-0.39, 0.29) is 12.5 Å². The molecule has 1 aliphatic heterocycles. The van der Waals surface area contributed by atoms with Crippen molar-refractivity contribution in [1.82, 2.24) is 5.32 Å². The van der Waals surface area contributed by atoms with E-state index in [4.69, 9.17) is 4.74 Å². The minimum absolute atomic E-state index is 0.0773. The number of carbonyl (C=O) groups excluding carboxylic acids is 1. The minimum Gasteiger partial charge on any atom is -0.481 e. The third kappa shape index (κ3) is 2.63. The fraction of sp³-hybridized carbons (Fsp3) is 0.786. The van der Waals surface area contributed by atoms with Crippen LogP contribution >= 0.6 is 0 Å². The highest BCUT2D eigenvalue weighted by molar-refractivity contribution is 5.86. The standard InChI is InChI=1S/C14H20N2O4/c15-9-13(3-1-2-4-13)11(17)16-10-14(12(18)19)5-7-20-8-6-14/h1-8,10H2,(H,16,17)(H,18,19). The zero-order valence-electron chi connectivity index (χ0n) is 11.5. The fourth-order valence-electron chi connectivity index (χ4n) is 3.02. The average molecular weight is 280 g/mol. The van der Waals surface area contributed by atoms with Gasteiger partial charge >= 0.3 is 5.97 Å². The van der Waals surface area contributed by atoms with Crippen molar-refractivity contribution in [2.75, 3.05) is 19.8 Å². The highest BCUT2D eigenvalue weighted by Crippen LogP contribution is 2.38. The number of aliphatic carboxylic acids is 1. The number of hydrogen-bond donors (Lipinski definition) is 2. The first-order chi connectivity index (χ1) is 9.55. The van der Waals surface area contributed by atoms with Gasteiger partial charge in [0.2, 0.25) is 5.91 Å². The van der Waals surface area contributed by atoms with Gasteiger partial charge in [0.15, 0.2) is 0 Å². The van der Waals surface area contributed by atoms with Crippen molar-refractivity contribution in [2.24, 2.45) is 10.8 Å². The van der Waals surface area contributed by atoms with Crippen LogP contribution in [0.15, 0.2) is 0 Å². The molecule has 1 amide bonds. The number of nitrogens with one attached hydrogen (secondary N) is 1. The van der Waals surface area contributed by atoms with Gasteiger partial charge in [-0.15, -0.1) is 0 Å². The van der Waals surface area contributed by atoms with E-state index in [1.807, 2.05) is 0 Å². The molecule has 2 rings (SSSR count). The van der Waals surface area contributed by atoms with Gasteiger partial charge in [-0.25, -0.2) is 0 Å². The van der Waals surface area contributed by atoms with Crippen LogP contribution < -0.4 is 5.32 Å². The Balaban J connectivity index is 2.01. The molecule has 0 spiro atoms. The summed E-state index contributed by atoms with van der Waals surface area (Å²) in [6, 6.07) is 2.12. The Labute approximate surface area is 118 Å². The predicted octanol–water partition coefficient (Wildman–Crippen LogP) is 1.07. The van der Waals surface area contributed by atoms with Gasteiger partial charge in [0.1, 0.15) is 5.41 Å². The molecule has 2 aliphatic rings. The summed E-state index contributed by atoms with van der Waals surface area (Å²) in [5.74, 6) is -1.22. The van der Waals surface area contributed by atoms with Crippen LogP contribution in [0.2, 0.25) is 0 Å². The third-order valence-corrected chi connectivity index (χ3v) is 4.60. The molecule has 1 saturated heterocycles. The summed E-state index contributed by atoms with van der Waals surface area (Å²) in [5.41, 5.74) is -1.91. The van der Waals surface area contributed by atoms with Crippen molar-refractivity contribution in [3.05, 3.63) is 0 Å². The minimum atomic E-state index is -0.955. The smallest absolute Gasteiger partial charge is 0.311 e. The van der Waals surface area contributed by atoms with Gasteiger partial charge in [-0.2, -0.15) is 5.26 Å². The summed E-state index contributed by atoms with van der Waals surface area (Å²) < 4.78 is 5.19. The lowest BCUT2D eigenvalue weighted by molar-refractivity contribution is -0.155. The van der Waals surface area contributed by atoms with E-state index in [0.717, 1.165) is 12.8 Å². The number of carboxylic acid groups (broad SMARTS) is 1. The zero-order chi connectivity index (χ0) is 14.6. The van der Waals surface area contributed by atoms with E-state index in [1.165, 1.54) is 0 Å². The zero-order valence-corrected chi connectivity index (χ0v) is 11.5. The Kier molecular flexibility index (Phi) is 4.29. The molecule has 6 nitrogen and oxygen atoms in total. The SMILES string of the molecule is N#CC1(C(=O)NCC2(C(=O)O)CCOCC2)CCCC1. The molecular weight excluding hydrogens is 260 g/mol. The lowest BCUT2D eigenvalue weighted by Gasteiger charge is -2.34. The monoisotopic (exact) mass is 280 g/mol. The predicted molar refractivity (Wildman–Crippen MR) is 69.6 cm³/mol. The summed E-state index contributed by atoms with van der Waals surface area (Å²) in [7, 11) is 0. The Morgan fingerprint density at radius 1 is 1.20 bits per heavy atom. The summed E-state index contributed by atoms with van der Waals surface area (Å²) >= 11 is 0. The lowest BCUT2D eigenvalue weighted by atomic mass is 9.79. The number of nitriles is 1. The number of nitrogens with zero attached hydrogens (tertiary/aromatic N) is 1. The van der Waals surface area contributed by atoms with Crippen LogP contribution in [-0.4, -0.2) is 36.7 Å². The van der Waals surface area contributed by atoms with Crippen molar-refractivity contribution in [2.45, 2.75) is 38.5 Å². The molecule has 1 heterocycles. The van der Waals surface area contributed by atoms with E-state index >= 15 is 0 Å². The fourth-order valence-corrected chi connectivity index (χ4v) is 3.02. The maximum atomic E-state index is 12.2. The number of amides is 1. The number of ether oxygens (including phenoxy) is 1.